The van der Waals surface area contributed by atoms with Crippen LogP contribution < -0.4 is 10.6 Å². The van der Waals surface area contributed by atoms with E-state index in [1.807, 2.05) is 25.2 Å². The van der Waals surface area contributed by atoms with Crippen molar-refractivity contribution in [3.63, 3.8) is 0 Å². The normalized spacial score (nSPS) is 10.4. The summed E-state index contributed by atoms with van der Waals surface area (Å²) >= 11 is 5.16. The molecule has 0 aromatic heterocycles. The van der Waals surface area contributed by atoms with Gasteiger partial charge in [0.2, 0.25) is 0 Å². The summed E-state index contributed by atoms with van der Waals surface area (Å²) in [7, 11) is 2.02. The molecule has 18 heavy (non-hydrogen) atoms. The van der Waals surface area contributed by atoms with Gasteiger partial charge in [-0.1, -0.05) is 15.9 Å². The van der Waals surface area contributed by atoms with Gasteiger partial charge in [0, 0.05) is 22.1 Å². The highest BCUT2D eigenvalue weighted by molar-refractivity contribution is 9.10. The molecule has 0 aliphatic heterocycles. The smallest absolute Gasteiger partial charge is 0.0642 e. The van der Waals surface area contributed by atoms with Crippen molar-refractivity contribution >= 4 is 44.8 Å². The Bertz CT molecular complexity index is 540. The van der Waals surface area contributed by atoms with E-state index in [9.17, 15) is 0 Å². The lowest BCUT2D eigenvalue weighted by Gasteiger charge is -2.21. The lowest BCUT2D eigenvalue weighted by Crippen LogP contribution is -2.11. The number of nitrogen functional groups attached to an aromatic ring is 1. The largest absolute Gasteiger partial charge is 0.397 e. The van der Waals surface area contributed by atoms with Crippen LogP contribution in [0.15, 0.2) is 51.8 Å². The molecule has 2 aromatic rings. The van der Waals surface area contributed by atoms with Crippen molar-refractivity contribution < 1.29 is 0 Å². The third kappa shape index (κ3) is 2.82. The lowest BCUT2D eigenvalue weighted by molar-refractivity contribution is 1.20. The summed E-state index contributed by atoms with van der Waals surface area (Å²) in [6.45, 7) is 0. The zero-order valence-corrected chi connectivity index (χ0v) is 12.8. The topological polar surface area (TPSA) is 29.3 Å². The van der Waals surface area contributed by atoms with E-state index in [2.05, 4.69) is 51.4 Å². The molecule has 0 heterocycles. The first-order valence-electron chi connectivity index (χ1n) is 5.54. The summed E-state index contributed by atoms with van der Waals surface area (Å²) in [5, 5.41) is 0. The minimum absolute atomic E-state index is 0.765. The Balaban J connectivity index is 2.31. The molecular formula is C14H15BrN2S. The summed E-state index contributed by atoms with van der Waals surface area (Å²) in [6.07, 6.45) is 2.07. The molecule has 4 heteroatoms. The second-order valence-corrected chi connectivity index (χ2v) is 5.76. The first kappa shape index (κ1) is 13.3. The van der Waals surface area contributed by atoms with Gasteiger partial charge in [-0.3, -0.25) is 0 Å². The van der Waals surface area contributed by atoms with Gasteiger partial charge in [-0.25, -0.2) is 0 Å². The molecule has 0 saturated heterocycles. The highest BCUT2D eigenvalue weighted by Gasteiger charge is 2.07. The highest BCUT2D eigenvalue weighted by atomic mass is 79.9. The van der Waals surface area contributed by atoms with E-state index in [4.69, 9.17) is 5.73 Å². The van der Waals surface area contributed by atoms with Gasteiger partial charge >= 0.3 is 0 Å². The Kier molecular flexibility index (Phi) is 4.19. The molecule has 2 aromatic carbocycles. The molecule has 2 nitrogen and oxygen atoms in total. The number of anilines is 3. The third-order valence-electron chi connectivity index (χ3n) is 2.81. The Morgan fingerprint density at radius 2 is 1.78 bits per heavy atom. The molecule has 0 aliphatic carbocycles. The molecule has 0 radical (unpaired) electrons. The van der Waals surface area contributed by atoms with Crippen LogP contribution in [0.4, 0.5) is 17.1 Å². The minimum Gasteiger partial charge on any atom is -0.397 e. The molecule has 0 fully saturated rings. The van der Waals surface area contributed by atoms with E-state index < -0.39 is 0 Å². The van der Waals surface area contributed by atoms with Crippen molar-refractivity contribution in [1.29, 1.82) is 0 Å². The molecule has 0 unspecified atom stereocenters. The van der Waals surface area contributed by atoms with Crippen molar-refractivity contribution in [2.24, 2.45) is 0 Å². The monoisotopic (exact) mass is 322 g/mol. The zero-order valence-electron chi connectivity index (χ0n) is 10.4. The van der Waals surface area contributed by atoms with Gasteiger partial charge in [0.05, 0.1) is 11.4 Å². The van der Waals surface area contributed by atoms with Crippen LogP contribution in [0.1, 0.15) is 0 Å². The maximum atomic E-state index is 6.04. The molecule has 0 atom stereocenters. The second-order valence-electron chi connectivity index (χ2n) is 3.96. The van der Waals surface area contributed by atoms with E-state index in [-0.39, 0.29) is 0 Å². The van der Waals surface area contributed by atoms with Crippen molar-refractivity contribution in [2.75, 3.05) is 23.9 Å². The van der Waals surface area contributed by atoms with Gasteiger partial charge < -0.3 is 10.6 Å². The van der Waals surface area contributed by atoms with Crippen LogP contribution in [0.5, 0.6) is 0 Å². The molecule has 0 bridgehead atoms. The van der Waals surface area contributed by atoms with Crippen LogP contribution in [0, 0.1) is 0 Å². The van der Waals surface area contributed by atoms with Crippen molar-refractivity contribution in [1.82, 2.24) is 0 Å². The van der Waals surface area contributed by atoms with Gasteiger partial charge in [0.15, 0.2) is 0 Å². The maximum Gasteiger partial charge on any atom is 0.0642 e. The summed E-state index contributed by atoms with van der Waals surface area (Å²) in [4.78, 5) is 3.35. The van der Waals surface area contributed by atoms with Crippen LogP contribution in [0.3, 0.4) is 0 Å². The predicted molar refractivity (Wildman–Crippen MR) is 84.8 cm³/mol. The predicted octanol–water partition coefficient (Wildman–Crippen LogP) is 4.52. The van der Waals surface area contributed by atoms with E-state index in [1.165, 1.54) is 4.90 Å². The van der Waals surface area contributed by atoms with E-state index in [0.717, 1.165) is 21.5 Å². The average molecular weight is 323 g/mol. The van der Waals surface area contributed by atoms with Crippen LogP contribution in [-0.2, 0) is 0 Å². The zero-order chi connectivity index (χ0) is 13.1. The molecular weight excluding hydrogens is 308 g/mol. The number of hydrogen-bond acceptors (Lipinski definition) is 3. The first-order valence-corrected chi connectivity index (χ1v) is 7.56. The quantitative estimate of drug-likeness (QED) is 0.665. The second kappa shape index (κ2) is 5.67. The third-order valence-corrected chi connectivity index (χ3v) is 4.05. The van der Waals surface area contributed by atoms with E-state index in [0.29, 0.717) is 0 Å². The summed E-state index contributed by atoms with van der Waals surface area (Å²) in [6, 6.07) is 14.4. The van der Waals surface area contributed by atoms with Crippen LogP contribution in [-0.4, -0.2) is 13.3 Å². The van der Waals surface area contributed by atoms with Crippen molar-refractivity contribution in [3.05, 3.63) is 46.9 Å². The number of rotatable bonds is 3. The van der Waals surface area contributed by atoms with Gasteiger partial charge in [-0.05, 0) is 48.7 Å². The Labute approximate surface area is 120 Å². The van der Waals surface area contributed by atoms with Crippen LogP contribution in [0.25, 0.3) is 0 Å². The fourth-order valence-corrected chi connectivity index (χ4v) is 2.56. The molecule has 0 spiro atoms. The van der Waals surface area contributed by atoms with Gasteiger partial charge in [-0.15, -0.1) is 11.8 Å². The molecule has 2 N–H and O–H groups in total. The Hall–Kier alpha value is -1.13. The lowest BCUT2D eigenvalue weighted by atomic mass is 10.2. The van der Waals surface area contributed by atoms with Gasteiger partial charge in [-0.2, -0.15) is 0 Å². The van der Waals surface area contributed by atoms with Crippen molar-refractivity contribution in [2.45, 2.75) is 4.90 Å². The maximum absolute atomic E-state index is 6.04. The van der Waals surface area contributed by atoms with Crippen LogP contribution in [0.2, 0.25) is 0 Å². The molecule has 94 valence electrons. The number of nitrogens with zero attached hydrogens (tertiary/aromatic N) is 1. The minimum atomic E-state index is 0.765. The number of benzene rings is 2. The summed E-state index contributed by atoms with van der Waals surface area (Å²) in [5.41, 5.74) is 8.94. The SMILES string of the molecule is CSc1ccc(N(C)c2ccc(Br)cc2N)cc1. The molecule has 0 amide bonds. The highest BCUT2D eigenvalue weighted by Crippen LogP contribution is 2.31. The molecule has 0 saturated carbocycles. The number of hydrogen-bond donors (Lipinski definition) is 1. The van der Waals surface area contributed by atoms with Gasteiger partial charge in [0.25, 0.3) is 0 Å². The fourth-order valence-electron chi connectivity index (χ4n) is 1.78. The fraction of sp³-hybridized carbons (Fsp3) is 0.143. The van der Waals surface area contributed by atoms with E-state index >= 15 is 0 Å². The number of nitrogens with two attached hydrogens (primary N) is 1. The summed E-state index contributed by atoms with van der Waals surface area (Å²) < 4.78 is 0.995. The van der Waals surface area contributed by atoms with Gasteiger partial charge in [0.1, 0.15) is 0 Å². The number of halogens is 1. The Morgan fingerprint density at radius 1 is 1.11 bits per heavy atom. The standard InChI is InChI=1S/C14H15BrN2S/c1-17(11-4-6-12(18-2)7-5-11)14-8-3-10(15)9-13(14)16/h3-9H,16H2,1-2H3. The summed E-state index contributed by atoms with van der Waals surface area (Å²) in [5.74, 6) is 0. The molecule has 2 rings (SSSR count). The first-order chi connectivity index (χ1) is 8.61. The number of thioether (sulfide) groups is 1. The van der Waals surface area contributed by atoms with Crippen molar-refractivity contribution in [3.8, 4) is 0 Å². The average Bonchev–Trinajstić information content (AvgIpc) is 2.38. The molecule has 0 aliphatic rings. The van der Waals surface area contributed by atoms with Crippen LogP contribution >= 0.6 is 27.7 Å². The Morgan fingerprint density at radius 3 is 2.33 bits per heavy atom. The van der Waals surface area contributed by atoms with E-state index in [1.54, 1.807) is 11.8 Å².